The number of anilines is 1. The van der Waals surface area contributed by atoms with Crippen LogP contribution in [0.25, 0.3) is 0 Å². The van der Waals surface area contributed by atoms with Gasteiger partial charge in [0, 0.05) is 24.7 Å². The van der Waals surface area contributed by atoms with Crippen LogP contribution in [0.2, 0.25) is 0 Å². The van der Waals surface area contributed by atoms with E-state index < -0.39 is 0 Å². The molecule has 2 nitrogen and oxygen atoms in total. The molecule has 0 fully saturated rings. The first-order valence-electron chi connectivity index (χ1n) is 6.35. The van der Waals surface area contributed by atoms with Gasteiger partial charge in [-0.1, -0.05) is 24.3 Å². The lowest BCUT2D eigenvalue weighted by Crippen LogP contribution is -2.00. The van der Waals surface area contributed by atoms with E-state index >= 15 is 0 Å². The molecule has 0 saturated heterocycles. The standard InChI is InChI=1S/C17H17NO/c1-2-3-7-13-18-15-9-8-12-17(14-15)19-16-10-5-4-6-11-16/h4-6,8-12,14,18H,7,13H2,1H3. The van der Waals surface area contributed by atoms with E-state index in [1.54, 1.807) is 0 Å². The predicted molar refractivity (Wildman–Crippen MR) is 79.5 cm³/mol. The van der Waals surface area contributed by atoms with Gasteiger partial charge in [-0.15, -0.1) is 11.8 Å². The maximum absolute atomic E-state index is 5.78. The van der Waals surface area contributed by atoms with E-state index in [0.717, 1.165) is 30.2 Å². The second-order valence-corrected chi connectivity index (χ2v) is 4.05. The molecule has 0 spiro atoms. The molecule has 2 aromatic rings. The van der Waals surface area contributed by atoms with Crippen LogP contribution in [-0.4, -0.2) is 6.54 Å². The van der Waals surface area contributed by atoms with E-state index in [1.165, 1.54) is 0 Å². The zero-order chi connectivity index (χ0) is 13.3. The van der Waals surface area contributed by atoms with Crippen LogP contribution in [0.1, 0.15) is 13.3 Å². The summed E-state index contributed by atoms with van der Waals surface area (Å²) in [6.07, 6.45) is 0.847. The van der Waals surface area contributed by atoms with Gasteiger partial charge in [-0.05, 0) is 31.2 Å². The monoisotopic (exact) mass is 251 g/mol. The van der Waals surface area contributed by atoms with Gasteiger partial charge < -0.3 is 10.1 Å². The highest BCUT2D eigenvalue weighted by Gasteiger charge is 1.98. The van der Waals surface area contributed by atoms with Crippen LogP contribution in [0.15, 0.2) is 54.6 Å². The van der Waals surface area contributed by atoms with Gasteiger partial charge in [0.2, 0.25) is 0 Å². The van der Waals surface area contributed by atoms with Crippen molar-refractivity contribution in [3.8, 4) is 23.3 Å². The van der Waals surface area contributed by atoms with Gasteiger partial charge >= 0.3 is 0 Å². The zero-order valence-electron chi connectivity index (χ0n) is 11.0. The first-order valence-corrected chi connectivity index (χ1v) is 6.35. The van der Waals surface area contributed by atoms with Crippen molar-refractivity contribution in [1.82, 2.24) is 0 Å². The topological polar surface area (TPSA) is 21.3 Å². The predicted octanol–water partition coefficient (Wildman–Crippen LogP) is 4.30. The van der Waals surface area contributed by atoms with Crippen molar-refractivity contribution >= 4 is 5.69 Å². The van der Waals surface area contributed by atoms with Crippen LogP contribution >= 0.6 is 0 Å². The highest BCUT2D eigenvalue weighted by molar-refractivity contribution is 5.49. The number of hydrogen-bond donors (Lipinski definition) is 1. The van der Waals surface area contributed by atoms with Crippen molar-refractivity contribution in [1.29, 1.82) is 0 Å². The quantitative estimate of drug-likeness (QED) is 0.631. The van der Waals surface area contributed by atoms with Crippen LogP contribution in [0.4, 0.5) is 5.69 Å². The van der Waals surface area contributed by atoms with Gasteiger partial charge in [-0.3, -0.25) is 0 Å². The largest absolute Gasteiger partial charge is 0.457 e. The molecule has 1 N–H and O–H groups in total. The summed E-state index contributed by atoms with van der Waals surface area (Å²) in [6.45, 7) is 2.70. The number of ether oxygens (including phenoxy) is 1. The Morgan fingerprint density at radius 1 is 1.00 bits per heavy atom. The number of nitrogens with one attached hydrogen (secondary N) is 1. The highest BCUT2D eigenvalue weighted by atomic mass is 16.5. The van der Waals surface area contributed by atoms with Crippen molar-refractivity contribution in [3.05, 3.63) is 54.6 Å². The average molecular weight is 251 g/mol. The molecule has 2 heteroatoms. The van der Waals surface area contributed by atoms with Gasteiger partial charge in [0.05, 0.1) is 0 Å². The Labute approximate surface area is 114 Å². The Morgan fingerprint density at radius 2 is 1.79 bits per heavy atom. The van der Waals surface area contributed by atoms with Crippen LogP contribution in [-0.2, 0) is 0 Å². The molecular formula is C17H17NO. The van der Waals surface area contributed by atoms with Gasteiger partial charge in [-0.25, -0.2) is 0 Å². The first-order chi connectivity index (χ1) is 9.38. The second kappa shape index (κ2) is 7.13. The molecule has 0 aliphatic heterocycles. The molecule has 2 aromatic carbocycles. The fourth-order valence-corrected chi connectivity index (χ4v) is 1.69. The SMILES string of the molecule is CC#CCCNc1cccc(Oc2ccccc2)c1. The summed E-state index contributed by atoms with van der Waals surface area (Å²) >= 11 is 0. The van der Waals surface area contributed by atoms with Crippen LogP contribution in [0.3, 0.4) is 0 Å². The minimum atomic E-state index is 0.831. The molecule has 0 aliphatic rings. The third kappa shape index (κ3) is 4.40. The Balaban J connectivity index is 1.96. The van der Waals surface area contributed by atoms with Crippen molar-refractivity contribution in [2.45, 2.75) is 13.3 Å². The molecule has 0 aliphatic carbocycles. The van der Waals surface area contributed by atoms with Gasteiger partial charge in [0.1, 0.15) is 11.5 Å². The van der Waals surface area contributed by atoms with E-state index in [9.17, 15) is 0 Å². The lowest BCUT2D eigenvalue weighted by molar-refractivity contribution is 0.483. The third-order valence-electron chi connectivity index (χ3n) is 2.57. The fourth-order valence-electron chi connectivity index (χ4n) is 1.69. The van der Waals surface area contributed by atoms with Crippen LogP contribution < -0.4 is 10.1 Å². The maximum atomic E-state index is 5.78. The van der Waals surface area contributed by atoms with E-state index in [-0.39, 0.29) is 0 Å². The second-order valence-electron chi connectivity index (χ2n) is 4.05. The minimum absolute atomic E-state index is 0.831. The molecule has 0 amide bonds. The molecule has 96 valence electrons. The number of hydrogen-bond acceptors (Lipinski definition) is 2. The Hall–Kier alpha value is -2.40. The minimum Gasteiger partial charge on any atom is -0.457 e. The summed E-state index contributed by atoms with van der Waals surface area (Å²) in [5.74, 6) is 7.59. The van der Waals surface area contributed by atoms with E-state index in [2.05, 4.69) is 17.2 Å². The van der Waals surface area contributed by atoms with Gasteiger partial charge in [0.15, 0.2) is 0 Å². The molecule has 0 bridgehead atoms. The zero-order valence-corrected chi connectivity index (χ0v) is 11.0. The molecular weight excluding hydrogens is 234 g/mol. The first kappa shape index (κ1) is 13.0. The Morgan fingerprint density at radius 3 is 2.58 bits per heavy atom. The van der Waals surface area contributed by atoms with Crippen LogP contribution in [0.5, 0.6) is 11.5 Å². The maximum Gasteiger partial charge on any atom is 0.129 e. The third-order valence-corrected chi connectivity index (χ3v) is 2.57. The van der Waals surface area contributed by atoms with Gasteiger partial charge in [0.25, 0.3) is 0 Å². The summed E-state index contributed by atoms with van der Waals surface area (Å²) in [5, 5.41) is 3.32. The lowest BCUT2D eigenvalue weighted by atomic mass is 10.3. The van der Waals surface area contributed by atoms with E-state index in [4.69, 9.17) is 4.74 Å². The molecule has 2 rings (SSSR count). The fraction of sp³-hybridized carbons (Fsp3) is 0.176. The molecule has 0 heterocycles. The Bertz CT molecular complexity index is 567. The van der Waals surface area contributed by atoms with Crippen molar-refractivity contribution in [2.24, 2.45) is 0 Å². The molecule has 0 radical (unpaired) electrons. The molecule has 0 unspecified atom stereocenters. The Kier molecular flexibility index (Phi) is 4.89. The van der Waals surface area contributed by atoms with Crippen molar-refractivity contribution in [2.75, 3.05) is 11.9 Å². The normalized spacial score (nSPS) is 9.32. The number of benzene rings is 2. The van der Waals surface area contributed by atoms with Gasteiger partial charge in [-0.2, -0.15) is 0 Å². The lowest BCUT2D eigenvalue weighted by Gasteiger charge is -2.08. The van der Waals surface area contributed by atoms with Crippen LogP contribution in [0, 0.1) is 11.8 Å². The molecule has 19 heavy (non-hydrogen) atoms. The number of para-hydroxylation sites is 1. The average Bonchev–Trinajstić information content (AvgIpc) is 2.45. The summed E-state index contributed by atoms with van der Waals surface area (Å²) in [7, 11) is 0. The summed E-state index contributed by atoms with van der Waals surface area (Å²) in [5.41, 5.74) is 1.05. The van der Waals surface area contributed by atoms with E-state index in [0.29, 0.717) is 0 Å². The molecule has 0 atom stereocenters. The summed E-state index contributed by atoms with van der Waals surface area (Å²) in [4.78, 5) is 0. The van der Waals surface area contributed by atoms with Crippen molar-refractivity contribution in [3.63, 3.8) is 0 Å². The number of rotatable bonds is 5. The van der Waals surface area contributed by atoms with Crippen molar-refractivity contribution < 1.29 is 4.74 Å². The smallest absolute Gasteiger partial charge is 0.129 e. The highest BCUT2D eigenvalue weighted by Crippen LogP contribution is 2.23. The molecule has 0 aromatic heterocycles. The summed E-state index contributed by atoms with van der Waals surface area (Å²) in [6, 6.07) is 17.7. The summed E-state index contributed by atoms with van der Waals surface area (Å²) < 4.78 is 5.78. The molecule has 0 saturated carbocycles. The van der Waals surface area contributed by atoms with E-state index in [1.807, 2.05) is 61.5 Å².